The number of hydrogen-bond donors (Lipinski definition) is 1. The summed E-state index contributed by atoms with van der Waals surface area (Å²) in [6, 6.07) is 23.4. The van der Waals surface area contributed by atoms with Crippen LogP contribution in [0, 0.1) is 0 Å². The standard InChI is InChI=1S/C21H25N3/c1-23(2)21-13-7-6-11-19(21)15-22-16-20-12-8-14-24(20)17-18-9-4-3-5-10-18/h3-14,22H,15-17H2,1-2H3. The van der Waals surface area contributed by atoms with Crippen molar-refractivity contribution >= 4 is 5.69 Å². The number of para-hydroxylation sites is 1. The van der Waals surface area contributed by atoms with Crippen molar-refractivity contribution in [2.75, 3.05) is 19.0 Å². The lowest BCUT2D eigenvalue weighted by molar-refractivity contribution is 0.637. The quantitative estimate of drug-likeness (QED) is 0.713. The molecule has 1 N–H and O–H groups in total. The van der Waals surface area contributed by atoms with E-state index in [4.69, 9.17) is 0 Å². The first-order valence-corrected chi connectivity index (χ1v) is 8.38. The first-order valence-electron chi connectivity index (χ1n) is 8.38. The Balaban J connectivity index is 1.61. The van der Waals surface area contributed by atoms with Crippen molar-refractivity contribution < 1.29 is 0 Å². The van der Waals surface area contributed by atoms with Crippen molar-refractivity contribution in [3.05, 3.63) is 89.7 Å². The van der Waals surface area contributed by atoms with Crippen molar-refractivity contribution in [3.8, 4) is 0 Å². The number of aromatic nitrogens is 1. The molecule has 0 unspecified atom stereocenters. The molecule has 3 nitrogen and oxygen atoms in total. The maximum Gasteiger partial charge on any atom is 0.0473 e. The Hall–Kier alpha value is -2.52. The number of nitrogens with one attached hydrogen (secondary N) is 1. The molecule has 0 aliphatic heterocycles. The summed E-state index contributed by atoms with van der Waals surface area (Å²) in [6.07, 6.45) is 2.15. The lowest BCUT2D eigenvalue weighted by atomic mass is 10.1. The topological polar surface area (TPSA) is 20.2 Å². The molecular weight excluding hydrogens is 294 g/mol. The van der Waals surface area contributed by atoms with Gasteiger partial charge in [-0.15, -0.1) is 0 Å². The van der Waals surface area contributed by atoms with Crippen LogP contribution in [0.4, 0.5) is 5.69 Å². The molecule has 24 heavy (non-hydrogen) atoms. The molecule has 0 bridgehead atoms. The zero-order valence-electron chi connectivity index (χ0n) is 14.4. The molecule has 0 saturated heterocycles. The summed E-state index contributed by atoms with van der Waals surface area (Å²) in [6.45, 7) is 2.64. The van der Waals surface area contributed by atoms with Gasteiger partial charge in [-0.05, 0) is 29.3 Å². The molecule has 0 spiro atoms. The molecule has 0 fully saturated rings. The molecule has 124 valence electrons. The highest BCUT2D eigenvalue weighted by Crippen LogP contribution is 2.17. The largest absolute Gasteiger partial charge is 0.377 e. The molecule has 3 rings (SSSR count). The molecular formula is C21H25N3. The maximum absolute atomic E-state index is 3.58. The Morgan fingerprint density at radius 2 is 1.58 bits per heavy atom. The SMILES string of the molecule is CN(C)c1ccccc1CNCc1cccn1Cc1ccccc1. The Bertz CT molecular complexity index is 760. The fourth-order valence-corrected chi connectivity index (χ4v) is 2.97. The average molecular weight is 319 g/mol. The number of benzene rings is 2. The molecule has 0 radical (unpaired) electrons. The molecule has 3 heteroatoms. The third-order valence-corrected chi connectivity index (χ3v) is 4.21. The summed E-state index contributed by atoms with van der Waals surface area (Å²) < 4.78 is 2.31. The van der Waals surface area contributed by atoms with Crippen LogP contribution < -0.4 is 10.2 Å². The molecule has 0 saturated carbocycles. The highest BCUT2D eigenvalue weighted by Gasteiger charge is 2.05. The van der Waals surface area contributed by atoms with Crippen molar-refractivity contribution in [1.82, 2.24) is 9.88 Å². The summed E-state index contributed by atoms with van der Waals surface area (Å²) in [4.78, 5) is 2.16. The van der Waals surface area contributed by atoms with Crippen LogP contribution in [0.3, 0.4) is 0 Å². The molecule has 1 aromatic heterocycles. The third-order valence-electron chi connectivity index (χ3n) is 4.21. The number of hydrogen-bond acceptors (Lipinski definition) is 2. The second-order valence-corrected chi connectivity index (χ2v) is 6.24. The smallest absolute Gasteiger partial charge is 0.0473 e. The van der Waals surface area contributed by atoms with Crippen molar-refractivity contribution in [3.63, 3.8) is 0 Å². The zero-order chi connectivity index (χ0) is 16.8. The minimum atomic E-state index is 0.863. The van der Waals surface area contributed by atoms with Crippen molar-refractivity contribution in [2.24, 2.45) is 0 Å². The number of rotatable bonds is 7. The number of anilines is 1. The van der Waals surface area contributed by atoms with Gasteiger partial charge in [-0.2, -0.15) is 0 Å². The van der Waals surface area contributed by atoms with Crippen LogP contribution in [0.15, 0.2) is 72.9 Å². The molecule has 0 aliphatic carbocycles. The monoisotopic (exact) mass is 319 g/mol. The predicted molar refractivity (Wildman–Crippen MR) is 101 cm³/mol. The lowest BCUT2D eigenvalue weighted by Gasteiger charge is -2.18. The highest BCUT2D eigenvalue weighted by atomic mass is 15.1. The lowest BCUT2D eigenvalue weighted by Crippen LogP contribution is -2.18. The maximum atomic E-state index is 3.58. The Morgan fingerprint density at radius 1 is 0.833 bits per heavy atom. The van der Waals surface area contributed by atoms with Crippen LogP contribution in [-0.4, -0.2) is 18.7 Å². The van der Waals surface area contributed by atoms with Gasteiger partial charge in [0, 0.05) is 51.3 Å². The van der Waals surface area contributed by atoms with Gasteiger partial charge >= 0.3 is 0 Å². The van der Waals surface area contributed by atoms with E-state index in [1.54, 1.807) is 0 Å². The van der Waals surface area contributed by atoms with Gasteiger partial charge in [-0.25, -0.2) is 0 Å². The van der Waals surface area contributed by atoms with E-state index in [0.29, 0.717) is 0 Å². The van der Waals surface area contributed by atoms with Gasteiger partial charge in [-0.3, -0.25) is 0 Å². The zero-order valence-corrected chi connectivity index (χ0v) is 14.4. The van der Waals surface area contributed by atoms with Gasteiger partial charge in [0.05, 0.1) is 0 Å². The van der Waals surface area contributed by atoms with Crippen LogP contribution >= 0.6 is 0 Å². The van der Waals surface area contributed by atoms with Crippen molar-refractivity contribution in [1.29, 1.82) is 0 Å². The van der Waals surface area contributed by atoms with Crippen LogP contribution in [-0.2, 0) is 19.6 Å². The van der Waals surface area contributed by atoms with Crippen LogP contribution in [0.2, 0.25) is 0 Å². The molecule has 0 aliphatic rings. The van der Waals surface area contributed by atoms with Gasteiger partial charge in [-0.1, -0.05) is 48.5 Å². The number of nitrogens with zero attached hydrogens (tertiary/aromatic N) is 2. The summed E-state index contributed by atoms with van der Waals surface area (Å²) >= 11 is 0. The predicted octanol–water partition coefficient (Wildman–Crippen LogP) is 3.89. The van der Waals surface area contributed by atoms with E-state index in [-0.39, 0.29) is 0 Å². The van der Waals surface area contributed by atoms with Gasteiger partial charge in [0.2, 0.25) is 0 Å². The fraction of sp³-hybridized carbons (Fsp3) is 0.238. The first kappa shape index (κ1) is 16.3. The fourth-order valence-electron chi connectivity index (χ4n) is 2.97. The molecule has 0 atom stereocenters. The Morgan fingerprint density at radius 3 is 2.38 bits per heavy atom. The molecule has 2 aromatic carbocycles. The van der Waals surface area contributed by atoms with Gasteiger partial charge in [0.15, 0.2) is 0 Å². The van der Waals surface area contributed by atoms with Gasteiger partial charge < -0.3 is 14.8 Å². The van der Waals surface area contributed by atoms with E-state index in [1.807, 2.05) is 0 Å². The summed E-state index contributed by atoms with van der Waals surface area (Å²) in [5.41, 5.74) is 5.22. The average Bonchev–Trinajstić information content (AvgIpc) is 3.03. The minimum absolute atomic E-state index is 0.863. The van der Waals surface area contributed by atoms with Crippen LogP contribution in [0.1, 0.15) is 16.8 Å². The minimum Gasteiger partial charge on any atom is -0.377 e. The van der Waals surface area contributed by atoms with E-state index >= 15 is 0 Å². The van der Waals surface area contributed by atoms with Crippen LogP contribution in [0.25, 0.3) is 0 Å². The van der Waals surface area contributed by atoms with E-state index in [0.717, 1.165) is 19.6 Å². The molecule has 0 amide bonds. The van der Waals surface area contributed by atoms with E-state index < -0.39 is 0 Å². The van der Waals surface area contributed by atoms with E-state index in [9.17, 15) is 0 Å². The van der Waals surface area contributed by atoms with E-state index in [1.165, 1.54) is 22.5 Å². The summed E-state index contributed by atoms with van der Waals surface area (Å²) in [5.74, 6) is 0. The second-order valence-electron chi connectivity index (χ2n) is 6.24. The Kier molecular flexibility index (Phi) is 5.34. The molecule has 1 heterocycles. The van der Waals surface area contributed by atoms with Crippen molar-refractivity contribution in [2.45, 2.75) is 19.6 Å². The van der Waals surface area contributed by atoms with Gasteiger partial charge in [0.25, 0.3) is 0 Å². The molecule has 3 aromatic rings. The van der Waals surface area contributed by atoms with Gasteiger partial charge in [0.1, 0.15) is 0 Å². The van der Waals surface area contributed by atoms with E-state index in [2.05, 4.69) is 102 Å². The normalized spacial score (nSPS) is 10.8. The second kappa shape index (κ2) is 7.84. The summed E-state index contributed by atoms with van der Waals surface area (Å²) in [7, 11) is 4.17. The Labute approximate surface area is 144 Å². The van der Waals surface area contributed by atoms with Crippen LogP contribution in [0.5, 0.6) is 0 Å². The highest BCUT2D eigenvalue weighted by molar-refractivity contribution is 5.52. The third kappa shape index (κ3) is 4.06. The summed E-state index contributed by atoms with van der Waals surface area (Å²) in [5, 5.41) is 3.58. The first-order chi connectivity index (χ1) is 11.7.